The summed E-state index contributed by atoms with van der Waals surface area (Å²) in [5.41, 5.74) is 12.5. The first-order valence-electron chi connectivity index (χ1n) is 5.83. The third-order valence-electron chi connectivity index (χ3n) is 2.82. The van der Waals surface area contributed by atoms with Gasteiger partial charge in [-0.3, -0.25) is 4.79 Å². The van der Waals surface area contributed by atoms with E-state index in [2.05, 4.69) is 17.2 Å². The first kappa shape index (κ1) is 12.2. The fraction of sp³-hybridized carbons (Fsp3) is 0.231. The van der Waals surface area contributed by atoms with Gasteiger partial charge < -0.3 is 11.5 Å². The van der Waals surface area contributed by atoms with Gasteiger partial charge in [0.1, 0.15) is 11.4 Å². The van der Waals surface area contributed by atoms with Gasteiger partial charge in [-0.2, -0.15) is 5.10 Å². The van der Waals surface area contributed by atoms with Gasteiger partial charge in [-0.05, 0) is 18.4 Å². The van der Waals surface area contributed by atoms with E-state index in [1.165, 1.54) is 11.8 Å². The molecule has 0 unspecified atom stereocenters. The summed E-state index contributed by atoms with van der Waals surface area (Å²) in [7, 11) is 0. The summed E-state index contributed by atoms with van der Waals surface area (Å²) in [6.07, 6.45) is 3.28. The van der Waals surface area contributed by atoms with Crippen molar-refractivity contribution < 1.29 is 4.79 Å². The predicted octanol–water partition coefficient (Wildman–Crippen LogP) is 1.20. The number of nitrogens with zero attached hydrogens (tertiary/aromatic N) is 2. The van der Waals surface area contributed by atoms with Crippen LogP contribution in [0.1, 0.15) is 22.3 Å². The average Bonchev–Trinajstić information content (AvgIpc) is 2.73. The second-order valence-electron chi connectivity index (χ2n) is 4.12. The van der Waals surface area contributed by atoms with Crippen LogP contribution in [-0.2, 0) is 13.0 Å². The van der Waals surface area contributed by atoms with Gasteiger partial charge in [0.2, 0.25) is 0 Å². The number of anilines is 1. The lowest BCUT2D eigenvalue weighted by molar-refractivity contribution is 0.100. The van der Waals surface area contributed by atoms with Crippen molar-refractivity contribution in [3.8, 4) is 0 Å². The van der Waals surface area contributed by atoms with Crippen molar-refractivity contribution in [3.05, 3.63) is 47.7 Å². The molecule has 0 saturated heterocycles. The Morgan fingerprint density at radius 1 is 1.28 bits per heavy atom. The van der Waals surface area contributed by atoms with Crippen molar-refractivity contribution in [1.29, 1.82) is 0 Å². The third kappa shape index (κ3) is 2.68. The molecule has 2 rings (SSSR count). The Morgan fingerprint density at radius 3 is 2.61 bits per heavy atom. The molecule has 5 nitrogen and oxygen atoms in total. The smallest absolute Gasteiger partial charge is 0.254 e. The van der Waals surface area contributed by atoms with Crippen molar-refractivity contribution in [1.82, 2.24) is 9.78 Å². The van der Waals surface area contributed by atoms with Gasteiger partial charge in [-0.15, -0.1) is 0 Å². The van der Waals surface area contributed by atoms with Crippen LogP contribution < -0.4 is 11.5 Å². The molecule has 1 aromatic heterocycles. The van der Waals surface area contributed by atoms with Crippen molar-refractivity contribution in [3.63, 3.8) is 0 Å². The lowest BCUT2D eigenvalue weighted by Crippen LogP contribution is -2.14. The largest absolute Gasteiger partial charge is 0.383 e. The van der Waals surface area contributed by atoms with Crippen LogP contribution in [0, 0.1) is 0 Å². The highest BCUT2D eigenvalue weighted by Crippen LogP contribution is 2.11. The molecule has 0 saturated carbocycles. The molecule has 0 aliphatic carbocycles. The maximum absolute atomic E-state index is 11.0. The van der Waals surface area contributed by atoms with E-state index < -0.39 is 5.91 Å². The SMILES string of the molecule is NC(=O)c1cnn(CCCc2ccccc2)c1N. The standard InChI is InChI=1S/C13H16N4O/c14-12-11(13(15)18)9-16-17(12)8-4-7-10-5-2-1-3-6-10/h1-3,5-6,9H,4,7-8,14H2,(H2,15,18). The maximum Gasteiger partial charge on any atom is 0.254 e. The van der Waals surface area contributed by atoms with E-state index in [0.717, 1.165) is 12.8 Å². The molecule has 4 N–H and O–H groups in total. The first-order chi connectivity index (χ1) is 8.68. The number of aromatic nitrogens is 2. The number of nitrogens with two attached hydrogens (primary N) is 2. The molecule has 0 aliphatic heterocycles. The summed E-state index contributed by atoms with van der Waals surface area (Å²) in [4.78, 5) is 11.0. The Bertz CT molecular complexity index is 533. The maximum atomic E-state index is 11.0. The minimum absolute atomic E-state index is 0.287. The quantitative estimate of drug-likeness (QED) is 0.828. The molecule has 0 atom stereocenters. The lowest BCUT2D eigenvalue weighted by atomic mass is 10.1. The minimum Gasteiger partial charge on any atom is -0.383 e. The lowest BCUT2D eigenvalue weighted by Gasteiger charge is -2.04. The van der Waals surface area contributed by atoms with Crippen LogP contribution in [0.15, 0.2) is 36.5 Å². The van der Waals surface area contributed by atoms with Gasteiger partial charge in [0.15, 0.2) is 0 Å². The highest BCUT2D eigenvalue weighted by molar-refractivity contribution is 5.96. The van der Waals surface area contributed by atoms with Gasteiger partial charge in [-0.25, -0.2) is 4.68 Å². The number of rotatable bonds is 5. The Kier molecular flexibility index (Phi) is 3.62. The average molecular weight is 244 g/mol. The highest BCUT2D eigenvalue weighted by Gasteiger charge is 2.11. The summed E-state index contributed by atoms with van der Waals surface area (Å²) in [6.45, 7) is 0.675. The van der Waals surface area contributed by atoms with Crippen LogP contribution in [0.4, 0.5) is 5.82 Å². The van der Waals surface area contributed by atoms with Crippen molar-refractivity contribution in [2.24, 2.45) is 5.73 Å². The number of hydrogen-bond donors (Lipinski definition) is 2. The second-order valence-corrected chi connectivity index (χ2v) is 4.12. The van der Waals surface area contributed by atoms with E-state index in [4.69, 9.17) is 11.5 Å². The normalized spacial score (nSPS) is 10.4. The number of carbonyl (C=O) groups is 1. The molecule has 0 spiro atoms. The van der Waals surface area contributed by atoms with E-state index in [9.17, 15) is 4.79 Å². The van der Waals surface area contributed by atoms with Gasteiger partial charge in [0.05, 0.1) is 6.20 Å². The van der Waals surface area contributed by atoms with Crippen LogP contribution in [0.5, 0.6) is 0 Å². The molecule has 0 bridgehead atoms. The van der Waals surface area contributed by atoms with E-state index in [1.807, 2.05) is 18.2 Å². The van der Waals surface area contributed by atoms with Gasteiger partial charge in [0.25, 0.3) is 5.91 Å². The molecule has 0 aliphatic rings. The highest BCUT2D eigenvalue weighted by atomic mass is 16.1. The van der Waals surface area contributed by atoms with Crippen molar-refractivity contribution in [2.75, 3.05) is 5.73 Å². The summed E-state index contributed by atoms with van der Waals surface area (Å²) in [6, 6.07) is 10.2. The van der Waals surface area contributed by atoms with Crippen LogP contribution in [-0.4, -0.2) is 15.7 Å². The number of hydrogen-bond acceptors (Lipinski definition) is 3. The summed E-state index contributed by atoms with van der Waals surface area (Å²) < 4.78 is 1.61. The van der Waals surface area contributed by atoms with E-state index in [1.54, 1.807) is 4.68 Å². The van der Waals surface area contributed by atoms with Gasteiger partial charge in [0, 0.05) is 6.54 Å². The number of primary amides is 1. The second kappa shape index (κ2) is 5.35. The molecule has 0 radical (unpaired) electrons. The number of carbonyl (C=O) groups excluding carboxylic acids is 1. The zero-order chi connectivity index (χ0) is 13.0. The Morgan fingerprint density at radius 2 is 2.00 bits per heavy atom. The fourth-order valence-electron chi connectivity index (χ4n) is 1.84. The number of nitrogen functional groups attached to an aromatic ring is 1. The van der Waals surface area contributed by atoms with E-state index in [0.29, 0.717) is 12.4 Å². The molecule has 1 aromatic carbocycles. The number of amides is 1. The van der Waals surface area contributed by atoms with E-state index in [-0.39, 0.29) is 5.56 Å². The fourth-order valence-corrected chi connectivity index (χ4v) is 1.84. The molecule has 1 heterocycles. The molecule has 5 heteroatoms. The van der Waals surface area contributed by atoms with Crippen LogP contribution in [0.25, 0.3) is 0 Å². The summed E-state index contributed by atoms with van der Waals surface area (Å²) in [5.74, 6) is -0.197. The summed E-state index contributed by atoms with van der Waals surface area (Å²) >= 11 is 0. The molecular weight excluding hydrogens is 228 g/mol. The molecular formula is C13H16N4O. The Hall–Kier alpha value is -2.30. The first-order valence-corrected chi connectivity index (χ1v) is 5.83. The molecule has 1 amide bonds. The third-order valence-corrected chi connectivity index (χ3v) is 2.82. The zero-order valence-electron chi connectivity index (χ0n) is 10.0. The van der Waals surface area contributed by atoms with Crippen LogP contribution in [0.3, 0.4) is 0 Å². The minimum atomic E-state index is -0.540. The van der Waals surface area contributed by atoms with Crippen LogP contribution in [0.2, 0.25) is 0 Å². The van der Waals surface area contributed by atoms with Crippen molar-refractivity contribution >= 4 is 11.7 Å². The molecule has 0 fully saturated rings. The summed E-state index contributed by atoms with van der Waals surface area (Å²) in [5, 5.41) is 4.06. The predicted molar refractivity (Wildman–Crippen MR) is 69.9 cm³/mol. The zero-order valence-corrected chi connectivity index (χ0v) is 10.0. The Balaban J connectivity index is 1.93. The molecule has 18 heavy (non-hydrogen) atoms. The number of aryl methyl sites for hydroxylation is 2. The molecule has 94 valence electrons. The number of benzene rings is 1. The monoisotopic (exact) mass is 244 g/mol. The van der Waals surface area contributed by atoms with Crippen LogP contribution >= 0.6 is 0 Å². The molecule has 2 aromatic rings. The van der Waals surface area contributed by atoms with Crippen molar-refractivity contribution in [2.45, 2.75) is 19.4 Å². The van der Waals surface area contributed by atoms with E-state index >= 15 is 0 Å². The Labute approximate surface area is 105 Å². The van der Waals surface area contributed by atoms with Gasteiger partial charge in [-0.1, -0.05) is 30.3 Å². The topological polar surface area (TPSA) is 86.9 Å². The van der Waals surface area contributed by atoms with Gasteiger partial charge >= 0.3 is 0 Å².